The summed E-state index contributed by atoms with van der Waals surface area (Å²) in [7, 11) is 1.65. The van der Waals surface area contributed by atoms with Gasteiger partial charge in [0.2, 0.25) is 0 Å². The highest BCUT2D eigenvalue weighted by atomic mass is 32.2. The molecule has 1 aromatic heterocycles. The molecule has 0 bridgehead atoms. The summed E-state index contributed by atoms with van der Waals surface area (Å²) in [5, 5.41) is 16.2. The first-order chi connectivity index (χ1) is 15.9. The largest absolute Gasteiger partial charge is 0.388 e. The molecule has 0 saturated carbocycles. The minimum Gasteiger partial charge on any atom is -0.388 e. The molecule has 3 aromatic rings. The summed E-state index contributed by atoms with van der Waals surface area (Å²) >= 11 is 2.57. The molecule has 9 heteroatoms. The Bertz CT molecular complexity index is 1310. The van der Waals surface area contributed by atoms with Crippen molar-refractivity contribution in [3.05, 3.63) is 65.9 Å². The van der Waals surface area contributed by atoms with Gasteiger partial charge in [-0.25, -0.2) is 0 Å². The van der Waals surface area contributed by atoms with Crippen LogP contribution in [0.1, 0.15) is 11.1 Å². The van der Waals surface area contributed by atoms with Crippen molar-refractivity contribution in [2.24, 2.45) is 0 Å². The third kappa shape index (κ3) is 2.23. The van der Waals surface area contributed by atoms with Gasteiger partial charge in [-0.15, -0.1) is 23.5 Å². The zero-order valence-corrected chi connectivity index (χ0v) is 20.0. The summed E-state index contributed by atoms with van der Waals surface area (Å²) < 4.78 is 0. The second kappa shape index (κ2) is 6.94. The van der Waals surface area contributed by atoms with Crippen molar-refractivity contribution >= 4 is 51.9 Å². The molecule has 4 unspecified atom stereocenters. The van der Waals surface area contributed by atoms with Gasteiger partial charge in [0, 0.05) is 29.8 Å². The van der Waals surface area contributed by atoms with Gasteiger partial charge < -0.3 is 20.3 Å². The summed E-state index contributed by atoms with van der Waals surface area (Å²) in [5.74, 6) is -0.431. The topological polar surface area (TPSA) is 88.7 Å². The lowest BCUT2D eigenvalue weighted by atomic mass is 9.70. The fraction of sp³-hybridized carbons (Fsp3) is 0.333. The number of benzene rings is 2. The molecule has 7 nitrogen and oxygen atoms in total. The molecule has 4 heterocycles. The average molecular weight is 481 g/mol. The molecule has 170 valence electrons. The lowest BCUT2D eigenvalue weighted by Crippen LogP contribution is -2.70. The number of aliphatic hydroxyl groups is 1. The van der Waals surface area contributed by atoms with Crippen LogP contribution in [0.15, 0.2) is 54.7 Å². The molecule has 33 heavy (non-hydrogen) atoms. The Morgan fingerprint density at radius 3 is 2.52 bits per heavy atom. The predicted molar refractivity (Wildman–Crippen MR) is 132 cm³/mol. The van der Waals surface area contributed by atoms with E-state index in [1.54, 1.807) is 18.2 Å². The molecular weight excluding hydrogens is 456 g/mol. The number of aromatic amines is 1. The smallest absolute Gasteiger partial charge is 0.263 e. The number of carbonyl (C=O) groups excluding carboxylic acids is 2. The maximum Gasteiger partial charge on any atom is 0.263 e. The normalized spacial score (nSPS) is 32.7. The van der Waals surface area contributed by atoms with Crippen molar-refractivity contribution in [3.63, 3.8) is 0 Å². The van der Waals surface area contributed by atoms with Crippen molar-refractivity contribution in [2.75, 3.05) is 24.9 Å². The number of fused-ring (bicyclic) bond motifs is 6. The number of aliphatic hydroxyl groups excluding tert-OH is 1. The van der Waals surface area contributed by atoms with Gasteiger partial charge in [0.05, 0.1) is 5.41 Å². The Morgan fingerprint density at radius 2 is 1.76 bits per heavy atom. The van der Waals surface area contributed by atoms with Gasteiger partial charge >= 0.3 is 0 Å². The lowest BCUT2D eigenvalue weighted by Gasteiger charge is -2.48. The number of piperazine rings is 1. The van der Waals surface area contributed by atoms with E-state index in [0.29, 0.717) is 0 Å². The summed E-state index contributed by atoms with van der Waals surface area (Å²) in [6, 6.07) is 15.8. The monoisotopic (exact) mass is 480 g/mol. The quantitative estimate of drug-likeness (QED) is 0.534. The molecule has 6 rings (SSSR count). The number of anilines is 1. The van der Waals surface area contributed by atoms with Crippen LogP contribution in [-0.2, 0) is 15.0 Å². The SMILES string of the molecule is CSC1C(=O)N2C3Nc4ccccc4C3(c3c[nH]c4ccccc34)C(O)[C@]2(SC)C(=O)N1C. The van der Waals surface area contributed by atoms with E-state index in [0.717, 1.165) is 27.7 Å². The summed E-state index contributed by atoms with van der Waals surface area (Å²) in [6.07, 6.45) is 3.75. The van der Waals surface area contributed by atoms with Crippen LogP contribution in [0.5, 0.6) is 0 Å². The minimum absolute atomic E-state index is 0.176. The number of nitrogens with one attached hydrogen (secondary N) is 2. The lowest BCUT2D eigenvalue weighted by molar-refractivity contribution is -0.160. The molecule has 0 radical (unpaired) electrons. The number of likely N-dealkylation sites (N-methyl/N-ethyl adjacent to an activating group) is 1. The molecule has 0 aliphatic carbocycles. The molecule has 2 saturated heterocycles. The summed E-state index contributed by atoms with van der Waals surface area (Å²) in [4.78, 5) is 32.8. The van der Waals surface area contributed by atoms with E-state index in [1.807, 2.05) is 61.0 Å². The van der Waals surface area contributed by atoms with Crippen molar-refractivity contribution in [1.82, 2.24) is 14.8 Å². The van der Waals surface area contributed by atoms with E-state index in [-0.39, 0.29) is 11.8 Å². The van der Waals surface area contributed by atoms with Crippen molar-refractivity contribution in [1.29, 1.82) is 0 Å². The van der Waals surface area contributed by atoms with E-state index in [9.17, 15) is 14.7 Å². The predicted octanol–water partition coefficient (Wildman–Crippen LogP) is 2.63. The molecular formula is C24H24N4O3S2. The molecule has 2 fully saturated rings. The molecule has 3 aliphatic rings. The number of hydrogen-bond donors (Lipinski definition) is 3. The number of aromatic nitrogens is 1. The van der Waals surface area contributed by atoms with Crippen LogP contribution in [0.4, 0.5) is 5.69 Å². The average Bonchev–Trinajstić information content (AvgIpc) is 3.46. The first kappa shape index (κ1) is 20.9. The van der Waals surface area contributed by atoms with Crippen LogP contribution < -0.4 is 5.32 Å². The van der Waals surface area contributed by atoms with Crippen LogP contribution in [0.3, 0.4) is 0 Å². The number of para-hydroxylation sites is 2. The maximum atomic E-state index is 13.9. The van der Waals surface area contributed by atoms with Crippen molar-refractivity contribution in [2.45, 2.75) is 27.9 Å². The Morgan fingerprint density at radius 1 is 1.03 bits per heavy atom. The molecule has 2 aromatic carbocycles. The highest BCUT2D eigenvalue weighted by Gasteiger charge is 2.77. The van der Waals surface area contributed by atoms with Gasteiger partial charge in [-0.1, -0.05) is 36.4 Å². The number of H-pyrrole nitrogens is 1. The highest BCUT2D eigenvalue weighted by molar-refractivity contribution is 8.01. The molecule has 3 N–H and O–H groups in total. The first-order valence-electron chi connectivity index (χ1n) is 10.7. The molecule has 2 amide bonds. The standard InChI is InChI=1S/C24H24N4O3S2/c1-27-19(32-2)18(29)28-21-23(14-9-5-7-11-17(14)26-21,20(30)24(28,33-3)22(27)31)15-12-25-16-10-6-4-8-13(15)16/h4-12,19-21,25-26,30H,1-3H3/t19?,20?,21?,23?,24-/m0/s1. The van der Waals surface area contributed by atoms with Crippen molar-refractivity contribution < 1.29 is 14.7 Å². The van der Waals surface area contributed by atoms with Gasteiger partial charge in [-0.05, 0) is 35.8 Å². The Balaban J connectivity index is 1.71. The second-order valence-electron chi connectivity index (χ2n) is 8.72. The van der Waals surface area contributed by atoms with E-state index in [2.05, 4.69) is 10.3 Å². The fourth-order valence-electron chi connectivity index (χ4n) is 6.14. The van der Waals surface area contributed by atoms with Crippen molar-refractivity contribution in [3.8, 4) is 0 Å². The van der Waals surface area contributed by atoms with E-state index in [4.69, 9.17) is 0 Å². The fourth-order valence-corrected chi connectivity index (χ4v) is 7.99. The van der Waals surface area contributed by atoms with Gasteiger partial charge in [0.1, 0.15) is 12.3 Å². The Labute approximate surface area is 199 Å². The first-order valence-corrected chi connectivity index (χ1v) is 13.2. The molecule has 0 spiro atoms. The Hall–Kier alpha value is -2.62. The third-order valence-corrected chi connectivity index (χ3v) is 9.69. The highest BCUT2D eigenvalue weighted by Crippen LogP contribution is 2.62. The summed E-state index contributed by atoms with van der Waals surface area (Å²) in [5.41, 5.74) is 2.54. The number of thioether (sulfide) groups is 2. The number of nitrogens with zero attached hydrogens (tertiary/aromatic N) is 2. The number of hydrogen-bond acceptors (Lipinski definition) is 6. The van der Waals surface area contributed by atoms with Crippen LogP contribution >= 0.6 is 23.5 Å². The van der Waals surface area contributed by atoms with Crippen LogP contribution in [-0.4, -0.2) is 73.8 Å². The third-order valence-electron chi connectivity index (χ3n) is 7.51. The number of rotatable bonds is 3. The maximum absolute atomic E-state index is 13.9. The van der Waals surface area contributed by atoms with Gasteiger partial charge in [0.15, 0.2) is 10.2 Å². The molecule has 5 atom stereocenters. The number of carbonyl (C=O) groups is 2. The van der Waals surface area contributed by atoms with Gasteiger partial charge in [-0.2, -0.15) is 0 Å². The summed E-state index contributed by atoms with van der Waals surface area (Å²) in [6.45, 7) is 0. The van der Waals surface area contributed by atoms with Gasteiger partial charge in [0.25, 0.3) is 11.8 Å². The zero-order chi connectivity index (χ0) is 23.1. The number of amides is 2. The van der Waals surface area contributed by atoms with Crippen LogP contribution in [0.2, 0.25) is 0 Å². The van der Waals surface area contributed by atoms with E-state index >= 15 is 0 Å². The Kier molecular flexibility index (Phi) is 4.41. The van der Waals surface area contributed by atoms with E-state index in [1.165, 1.54) is 28.4 Å². The van der Waals surface area contributed by atoms with Crippen LogP contribution in [0.25, 0.3) is 10.9 Å². The van der Waals surface area contributed by atoms with Crippen LogP contribution in [0, 0.1) is 0 Å². The molecule has 3 aliphatic heterocycles. The van der Waals surface area contributed by atoms with Gasteiger partial charge in [-0.3, -0.25) is 14.5 Å². The van der Waals surface area contributed by atoms with E-state index < -0.39 is 27.9 Å². The zero-order valence-electron chi connectivity index (χ0n) is 18.4. The minimum atomic E-state index is -1.44. The second-order valence-corrected chi connectivity index (χ2v) is 10.7.